The minimum Gasteiger partial charge on any atom is -0.443 e. The molecule has 6 nitrogen and oxygen atoms in total. The van der Waals surface area contributed by atoms with Crippen LogP contribution in [-0.2, 0) is 6.42 Å². The highest BCUT2D eigenvalue weighted by Crippen LogP contribution is 2.32. The molecule has 26 heavy (non-hydrogen) atoms. The fourth-order valence-electron chi connectivity index (χ4n) is 3.17. The number of likely N-dealkylation sites (tertiary alicyclic amines) is 1. The fourth-order valence-corrected chi connectivity index (χ4v) is 3.29. The Balaban J connectivity index is 1.51. The Bertz CT molecular complexity index is 895. The highest BCUT2D eigenvalue weighted by Gasteiger charge is 2.34. The van der Waals surface area contributed by atoms with Gasteiger partial charge in [0.1, 0.15) is 11.8 Å². The molecule has 4 rings (SSSR count). The Morgan fingerprint density at radius 1 is 1.19 bits per heavy atom. The summed E-state index contributed by atoms with van der Waals surface area (Å²) in [5, 5.41) is 0.704. The summed E-state index contributed by atoms with van der Waals surface area (Å²) < 4.78 is 5.94. The summed E-state index contributed by atoms with van der Waals surface area (Å²) in [4.78, 5) is 26.9. The number of rotatable bonds is 4. The molecule has 3 heterocycles. The number of carbonyl (C=O) groups is 1. The molecule has 132 valence electrons. The second kappa shape index (κ2) is 7.25. The van der Waals surface area contributed by atoms with Crippen LogP contribution in [-0.4, -0.2) is 32.3 Å². The summed E-state index contributed by atoms with van der Waals surface area (Å²) in [7, 11) is 0. The van der Waals surface area contributed by atoms with Gasteiger partial charge in [-0.2, -0.15) is 0 Å². The second-order valence-corrected chi connectivity index (χ2v) is 6.63. The van der Waals surface area contributed by atoms with Gasteiger partial charge in [-0.1, -0.05) is 23.7 Å². The normalized spacial score (nSPS) is 16.8. The van der Waals surface area contributed by atoms with Crippen molar-refractivity contribution in [2.24, 2.45) is 0 Å². The summed E-state index contributed by atoms with van der Waals surface area (Å²) in [5.41, 5.74) is 1.09. The lowest BCUT2D eigenvalue weighted by molar-refractivity contribution is 0.0702. The van der Waals surface area contributed by atoms with Crippen molar-refractivity contribution in [1.82, 2.24) is 19.9 Å². The molecule has 1 aliphatic heterocycles. The molecular weight excluding hydrogens is 352 g/mol. The average Bonchev–Trinajstić information content (AvgIpc) is 3.33. The molecular formula is C19H17ClN4O2. The summed E-state index contributed by atoms with van der Waals surface area (Å²) in [6, 6.07) is 9.14. The van der Waals surface area contributed by atoms with Crippen LogP contribution in [0.15, 0.2) is 53.3 Å². The summed E-state index contributed by atoms with van der Waals surface area (Å²) >= 11 is 5.92. The molecule has 0 N–H and O–H groups in total. The van der Waals surface area contributed by atoms with Crippen LogP contribution in [0.5, 0.6) is 0 Å². The van der Waals surface area contributed by atoms with Gasteiger partial charge in [-0.25, -0.2) is 15.0 Å². The number of halogens is 1. The molecule has 0 unspecified atom stereocenters. The lowest BCUT2D eigenvalue weighted by atomic mass is 10.1. The fraction of sp³-hybridized carbons (Fsp3) is 0.263. The van der Waals surface area contributed by atoms with Gasteiger partial charge in [-0.15, -0.1) is 0 Å². The number of benzene rings is 1. The Labute approximate surface area is 155 Å². The van der Waals surface area contributed by atoms with E-state index in [2.05, 4.69) is 15.0 Å². The molecule has 3 aromatic rings. The predicted molar refractivity (Wildman–Crippen MR) is 95.8 cm³/mol. The highest BCUT2D eigenvalue weighted by atomic mass is 35.5. The van der Waals surface area contributed by atoms with Crippen LogP contribution in [0.3, 0.4) is 0 Å². The third kappa shape index (κ3) is 3.46. The van der Waals surface area contributed by atoms with Gasteiger partial charge in [-0.3, -0.25) is 4.79 Å². The van der Waals surface area contributed by atoms with Crippen molar-refractivity contribution in [3.8, 4) is 0 Å². The van der Waals surface area contributed by atoms with Crippen LogP contribution in [0.25, 0.3) is 0 Å². The van der Waals surface area contributed by atoms with Crippen LogP contribution >= 0.6 is 11.6 Å². The monoisotopic (exact) mass is 368 g/mol. The van der Waals surface area contributed by atoms with Gasteiger partial charge in [0, 0.05) is 30.4 Å². The Hall–Kier alpha value is -2.73. The maximum Gasteiger partial charge on any atom is 0.292 e. The smallest absolute Gasteiger partial charge is 0.292 e. The lowest BCUT2D eigenvalue weighted by Crippen LogP contribution is -2.32. The van der Waals surface area contributed by atoms with Gasteiger partial charge in [0.05, 0.1) is 6.20 Å². The highest BCUT2D eigenvalue weighted by molar-refractivity contribution is 6.30. The van der Waals surface area contributed by atoms with E-state index < -0.39 is 0 Å². The third-order valence-electron chi connectivity index (χ3n) is 4.42. The summed E-state index contributed by atoms with van der Waals surface area (Å²) in [6.45, 7) is 0.649. The Kier molecular flexibility index (Phi) is 4.67. The molecule has 0 radical (unpaired) electrons. The van der Waals surface area contributed by atoms with Crippen molar-refractivity contribution < 1.29 is 9.21 Å². The minimum atomic E-state index is -0.189. The van der Waals surface area contributed by atoms with E-state index in [9.17, 15) is 4.79 Å². The number of nitrogens with zero attached hydrogens (tertiary/aromatic N) is 4. The van der Waals surface area contributed by atoms with Crippen LogP contribution < -0.4 is 0 Å². The van der Waals surface area contributed by atoms with Gasteiger partial charge in [0.25, 0.3) is 5.91 Å². The largest absolute Gasteiger partial charge is 0.443 e. The molecule has 1 atom stereocenters. The maximum absolute atomic E-state index is 12.7. The van der Waals surface area contributed by atoms with Crippen molar-refractivity contribution >= 4 is 17.5 Å². The number of oxazole rings is 1. The molecule has 1 amide bonds. The zero-order valence-corrected chi connectivity index (χ0v) is 14.8. The van der Waals surface area contributed by atoms with Gasteiger partial charge >= 0.3 is 0 Å². The first-order valence-corrected chi connectivity index (χ1v) is 8.85. The zero-order valence-electron chi connectivity index (χ0n) is 14.0. The topological polar surface area (TPSA) is 72.1 Å². The molecule has 2 aromatic heterocycles. The second-order valence-electron chi connectivity index (χ2n) is 6.20. The van der Waals surface area contributed by atoms with E-state index >= 15 is 0 Å². The van der Waals surface area contributed by atoms with Crippen LogP contribution in [0, 0.1) is 0 Å². The summed E-state index contributed by atoms with van der Waals surface area (Å²) in [5.74, 6) is 1.34. The van der Waals surface area contributed by atoms with Crippen LogP contribution in [0.1, 0.15) is 46.7 Å². The molecule has 1 fully saturated rings. The molecule has 0 saturated carbocycles. The molecule has 0 spiro atoms. The first-order valence-electron chi connectivity index (χ1n) is 8.48. The average molecular weight is 369 g/mol. The van der Waals surface area contributed by atoms with Crippen molar-refractivity contribution in [2.45, 2.75) is 25.3 Å². The molecule has 0 aliphatic carbocycles. The standard InChI is InChI=1S/C19H17ClN4O2/c20-14-6-4-13(5-7-14)11-15-12-23-18(26-15)16-3-1-10-24(16)19(25)17-21-8-2-9-22-17/h2,4-9,12,16H,1,3,10-11H2/t16-/m0/s1. The van der Waals surface area contributed by atoms with Gasteiger partial charge < -0.3 is 9.32 Å². The van der Waals surface area contributed by atoms with E-state index in [-0.39, 0.29) is 17.8 Å². The number of hydrogen-bond donors (Lipinski definition) is 0. The number of hydrogen-bond acceptors (Lipinski definition) is 5. The van der Waals surface area contributed by atoms with E-state index in [0.29, 0.717) is 23.9 Å². The predicted octanol–water partition coefficient (Wildman–Crippen LogP) is 3.69. The van der Waals surface area contributed by atoms with E-state index in [0.717, 1.165) is 24.2 Å². The molecule has 1 saturated heterocycles. The first kappa shape index (κ1) is 16.7. The molecule has 1 aromatic carbocycles. The Morgan fingerprint density at radius 2 is 1.96 bits per heavy atom. The maximum atomic E-state index is 12.7. The molecule has 7 heteroatoms. The summed E-state index contributed by atoms with van der Waals surface area (Å²) in [6.07, 6.45) is 7.22. The van der Waals surface area contributed by atoms with E-state index in [1.165, 1.54) is 0 Å². The molecule has 1 aliphatic rings. The van der Waals surface area contributed by atoms with Crippen molar-refractivity contribution in [3.63, 3.8) is 0 Å². The first-order chi connectivity index (χ1) is 12.7. The van der Waals surface area contributed by atoms with Gasteiger partial charge in [-0.05, 0) is 36.6 Å². The number of carbonyl (C=O) groups excluding carboxylic acids is 1. The minimum absolute atomic E-state index is 0.176. The number of amides is 1. The van der Waals surface area contributed by atoms with E-state index in [4.69, 9.17) is 16.0 Å². The van der Waals surface area contributed by atoms with Crippen molar-refractivity contribution in [1.29, 1.82) is 0 Å². The van der Waals surface area contributed by atoms with Gasteiger partial charge in [0.2, 0.25) is 11.7 Å². The SMILES string of the molecule is O=C(c1ncccn1)N1CCC[C@H]1c1ncc(Cc2ccc(Cl)cc2)o1. The Morgan fingerprint density at radius 3 is 2.73 bits per heavy atom. The van der Waals surface area contributed by atoms with Crippen LogP contribution in [0.2, 0.25) is 5.02 Å². The van der Waals surface area contributed by atoms with E-state index in [1.54, 1.807) is 29.6 Å². The lowest BCUT2D eigenvalue weighted by Gasteiger charge is -2.21. The zero-order chi connectivity index (χ0) is 17.9. The van der Waals surface area contributed by atoms with Crippen molar-refractivity contribution in [3.05, 3.63) is 77.0 Å². The molecule has 0 bridgehead atoms. The van der Waals surface area contributed by atoms with Gasteiger partial charge in [0.15, 0.2) is 0 Å². The quantitative estimate of drug-likeness (QED) is 0.702. The van der Waals surface area contributed by atoms with Crippen LogP contribution in [0.4, 0.5) is 0 Å². The van der Waals surface area contributed by atoms with E-state index in [1.807, 2.05) is 24.3 Å². The van der Waals surface area contributed by atoms with Crippen molar-refractivity contribution in [2.75, 3.05) is 6.54 Å². The number of aromatic nitrogens is 3. The third-order valence-corrected chi connectivity index (χ3v) is 4.67.